The number of imidazole rings is 1. The van der Waals surface area contributed by atoms with E-state index in [2.05, 4.69) is 27.5 Å². The third-order valence-corrected chi connectivity index (χ3v) is 6.33. The summed E-state index contributed by atoms with van der Waals surface area (Å²) in [6, 6.07) is 5.96. The molecule has 3 aromatic rings. The number of hydrogen-bond donors (Lipinski definition) is 3. The number of carbonyl (C=O) groups is 1. The summed E-state index contributed by atoms with van der Waals surface area (Å²) < 4.78 is 19.2. The van der Waals surface area contributed by atoms with E-state index >= 15 is 0 Å². The minimum Gasteiger partial charge on any atom is -0.493 e. The van der Waals surface area contributed by atoms with Gasteiger partial charge in [-0.2, -0.15) is 0 Å². The van der Waals surface area contributed by atoms with Crippen LogP contribution in [0.2, 0.25) is 10.0 Å². The molecule has 3 N–H and O–H groups in total. The van der Waals surface area contributed by atoms with Crippen molar-refractivity contribution in [3.05, 3.63) is 45.7 Å². The topological polar surface area (TPSA) is 79.0 Å². The number of ether oxygens (including phenoxy) is 1. The zero-order valence-electron chi connectivity index (χ0n) is 17.9. The zero-order chi connectivity index (χ0) is 22.8. The van der Waals surface area contributed by atoms with Crippen molar-refractivity contribution in [2.45, 2.75) is 45.6 Å². The Morgan fingerprint density at radius 1 is 1.19 bits per heavy atom. The molecule has 32 heavy (non-hydrogen) atoms. The number of aromatic amines is 1. The molecule has 0 bridgehead atoms. The van der Waals surface area contributed by atoms with Gasteiger partial charge in [-0.1, -0.05) is 30.1 Å². The Bertz CT molecular complexity index is 1120. The third-order valence-electron chi connectivity index (χ3n) is 5.73. The van der Waals surface area contributed by atoms with Crippen LogP contribution in [0.25, 0.3) is 11.0 Å². The van der Waals surface area contributed by atoms with Gasteiger partial charge in [0.05, 0.1) is 38.9 Å². The monoisotopic (exact) mass is 478 g/mol. The number of benzene rings is 2. The predicted octanol–water partition coefficient (Wildman–Crippen LogP) is 6.46. The SMILES string of the molecule is CCOc1cc2[nH]c(Nc3c(Cl)cc(F)cc3Cl)nc2cc1C(=O)N[C@H]1CC[C@H](C)CC1. The molecular formula is C23H25Cl2FN4O2. The van der Waals surface area contributed by atoms with E-state index in [9.17, 15) is 9.18 Å². The van der Waals surface area contributed by atoms with Crippen LogP contribution in [-0.4, -0.2) is 28.5 Å². The number of nitrogens with zero attached hydrogens (tertiary/aromatic N) is 1. The summed E-state index contributed by atoms with van der Waals surface area (Å²) in [6.07, 6.45) is 4.19. The second kappa shape index (κ2) is 9.55. The van der Waals surface area contributed by atoms with Crippen molar-refractivity contribution in [3.8, 4) is 5.75 Å². The summed E-state index contributed by atoms with van der Waals surface area (Å²) in [5.74, 6) is 0.847. The second-order valence-electron chi connectivity index (χ2n) is 8.18. The van der Waals surface area contributed by atoms with Crippen LogP contribution in [0.5, 0.6) is 5.75 Å². The first-order valence-corrected chi connectivity index (χ1v) is 11.5. The zero-order valence-corrected chi connectivity index (χ0v) is 19.4. The van der Waals surface area contributed by atoms with Crippen LogP contribution in [-0.2, 0) is 0 Å². The first-order valence-electron chi connectivity index (χ1n) is 10.7. The fourth-order valence-corrected chi connectivity index (χ4v) is 4.55. The van der Waals surface area contributed by atoms with Crippen molar-refractivity contribution in [2.75, 3.05) is 11.9 Å². The van der Waals surface area contributed by atoms with Crippen LogP contribution in [0, 0.1) is 11.7 Å². The molecule has 0 radical (unpaired) electrons. The average Bonchev–Trinajstić information content (AvgIpc) is 3.13. The largest absolute Gasteiger partial charge is 0.493 e. The van der Waals surface area contributed by atoms with E-state index < -0.39 is 5.82 Å². The van der Waals surface area contributed by atoms with E-state index in [0.29, 0.717) is 46.5 Å². The molecule has 1 aliphatic rings. The molecule has 170 valence electrons. The van der Waals surface area contributed by atoms with E-state index in [1.807, 2.05) is 6.92 Å². The van der Waals surface area contributed by atoms with Crippen molar-refractivity contribution >= 4 is 51.8 Å². The molecule has 4 rings (SSSR count). The van der Waals surface area contributed by atoms with E-state index in [4.69, 9.17) is 27.9 Å². The van der Waals surface area contributed by atoms with Crippen LogP contribution in [0.15, 0.2) is 24.3 Å². The van der Waals surface area contributed by atoms with Gasteiger partial charge < -0.3 is 20.4 Å². The van der Waals surface area contributed by atoms with Crippen LogP contribution >= 0.6 is 23.2 Å². The number of halogens is 3. The highest BCUT2D eigenvalue weighted by molar-refractivity contribution is 6.39. The quantitative estimate of drug-likeness (QED) is 0.379. The second-order valence-corrected chi connectivity index (χ2v) is 9.00. The lowest BCUT2D eigenvalue weighted by Gasteiger charge is -2.27. The Morgan fingerprint density at radius 3 is 2.53 bits per heavy atom. The van der Waals surface area contributed by atoms with Crippen LogP contribution in [0.3, 0.4) is 0 Å². The van der Waals surface area contributed by atoms with Gasteiger partial charge in [0.2, 0.25) is 5.95 Å². The van der Waals surface area contributed by atoms with E-state index in [-0.39, 0.29) is 22.0 Å². The molecule has 1 heterocycles. The molecule has 1 aromatic heterocycles. The number of nitrogens with one attached hydrogen (secondary N) is 3. The van der Waals surface area contributed by atoms with Gasteiger partial charge in [0.25, 0.3) is 5.91 Å². The van der Waals surface area contributed by atoms with Gasteiger partial charge in [-0.3, -0.25) is 4.79 Å². The predicted molar refractivity (Wildman–Crippen MR) is 126 cm³/mol. The fourth-order valence-electron chi connectivity index (χ4n) is 4.00. The van der Waals surface area contributed by atoms with E-state index in [0.717, 1.165) is 25.7 Å². The van der Waals surface area contributed by atoms with Gasteiger partial charge in [0, 0.05) is 12.1 Å². The maximum atomic E-state index is 13.5. The molecule has 9 heteroatoms. The minimum absolute atomic E-state index is 0.132. The molecule has 1 amide bonds. The molecule has 1 saturated carbocycles. The van der Waals surface area contributed by atoms with Crippen LogP contribution in [0.4, 0.5) is 16.0 Å². The summed E-state index contributed by atoms with van der Waals surface area (Å²) in [7, 11) is 0. The standard InChI is InChI=1S/C23H25Cl2FN4O2/c1-3-32-20-11-19-18(10-15(20)22(31)27-14-6-4-12(2)5-7-14)28-23(29-19)30-21-16(24)8-13(26)9-17(21)25/h8-12,14H,3-7H2,1-2H3,(H,27,31)(H2,28,29,30)/t12-,14-. The third kappa shape index (κ3) is 4.94. The first-order chi connectivity index (χ1) is 15.3. The van der Waals surface area contributed by atoms with Gasteiger partial charge in [-0.05, 0) is 56.7 Å². The summed E-state index contributed by atoms with van der Waals surface area (Å²) in [6.45, 7) is 4.54. The summed E-state index contributed by atoms with van der Waals surface area (Å²) in [5.41, 5.74) is 2.03. The minimum atomic E-state index is -0.528. The van der Waals surface area contributed by atoms with Gasteiger partial charge in [-0.15, -0.1) is 0 Å². The number of anilines is 2. The number of amides is 1. The number of hydrogen-bond acceptors (Lipinski definition) is 4. The average molecular weight is 479 g/mol. The Kier molecular flexibility index (Phi) is 6.76. The summed E-state index contributed by atoms with van der Waals surface area (Å²) in [4.78, 5) is 20.7. The lowest BCUT2D eigenvalue weighted by atomic mass is 9.87. The molecule has 2 aromatic carbocycles. The molecule has 1 fully saturated rings. The van der Waals surface area contributed by atoms with Gasteiger partial charge in [0.15, 0.2) is 0 Å². The molecule has 0 spiro atoms. The lowest BCUT2D eigenvalue weighted by molar-refractivity contribution is 0.0919. The maximum absolute atomic E-state index is 13.5. The molecular weight excluding hydrogens is 454 g/mol. The number of fused-ring (bicyclic) bond motifs is 1. The molecule has 0 unspecified atom stereocenters. The maximum Gasteiger partial charge on any atom is 0.255 e. The smallest absolute Gasteiger partial charge is 0.255 e. The Morgan fingerprint density at radius 2 is 1.88 bits per heavy atom. The Labute approximate surface area is 195 Å². The van der Waals surface area contributed by atoms with Crippen molar-refractivity contribution in [2.24, 2.45) is 5.92 Å². The first kappa shape index (κ1) is 22.7. The van der Waals surface area contributed by atoms with Crippen LogP contribution in [0.1, 0.15) is 49.9 Å². The molecule has 0 aliphatic heterocycles. The highest BCUT2D eigenvalue weighted by Crippen LogP contribution is 2.34. The Hall–Kier alpha value is -2.51. The van der Waals surface area contributed by atoms with Crippen molar-refractivity contribution in [1.29, 1.82) is 0 Å². The highest BCUT2D eigenvalue weighted by Gasteiger charge is 2.23. The lowest BCUT2D eigenvalue weighted by Crippen LogP contribution is -2.37. The molecule has 0 atom stereocenters. The molecule has 0 saturated heterocycles. The van der Waals surface area contributed by atoms with E-state index in [1.54, 1.807) is 12.1 Å². The van der Waals surface area contributed by atoms with Crippen molar-refractivity contribution in [1.82, 2.24) is 15.3 Å². The molecule has 1 aliphatic carbocycles. The number of aromatic nitrogens is 2. The van der Waals surface area contributed by atoms with Crippen molar-refractivity contribution in [3.63, 3.8) is 0 Å². The number of rotatable bonds is 6. The highest BCUT2D eigenvalue weighted by atomic mass is 35.5. The number of carbonyl (C=O) groups excluding carboxylic acids is 1. The molecule has 6 nitrogen and oxygen atoms in total. The number of H-pyrrole nitrogens is 1. The van der Waals surface area contributed by atoms with Gasteiger partial charge >= 0.3 is 0 Å². The fraction of sp³-hybridized carbons (Fsp3) is 0.391. The summed E-state index contributed by atoms with van der Waals surface area (Å²) >= 11 is 12.2. The normalized spacial score (nSPS) is 18.5. The van der Waals surface area contributed by atoms with Gasteiger partial charge in [0.1, 0.15) is 11.6 Å². The van der Waals surface area contributed by atoms with Gasteiger partial charge in [-0.25, -0.2) is 9.37 Å². The van der Waals surface area contributed by atoms with Crippen molar-refractivity contribution < 1.29 is 13.9 Å². The summed E-state index contributed by atoms with van der Waals surface area (Å²) in [5, 5.41) is 6.40. The van der Waals surface area contributed by atoms with E-state index in [1.165, 1.54) is 12.1 Å². The van der Waals surface area contributed by atoms with Crippen LogP contribution < -0.4 is 15.4 Å². The Balaban J connectivity index is 1.61.